The molecule has 1 fully saturated rings. The van der Waals surface area contributed by atoms with E-state index in [2.05, 4.69) is 17.1 Å². The SMILES string of the molecule is CCN(CCC(=O)NC(C)C)C1CCC(N)CC1. The normalized spacial score (nSPS) is 24.6. The predicted molar refractivity (Wildman–Crippen MR) is 75.4 cm³/mol. The largest absolute Gasteiger partial charge is 0.354 e. The van der Waals surface area contributed by atoms with E-state index in [1.165, 1.54) is 12.8 Å². The van der Waals surface area contributed by atoms with Gasteiger partial charge in [0.15, 0.2) is 0 Å². The lowest BCUT2D eigenvalue weighted by atomic mass is 9.90. The highest BCUT2D eigenvalue weighted by Crippen LogP contribution is 2.22. The fraction of sp³-hybridized carbons (Fsp3) is 0.929. The number of hydrogen-bond donors (Lipinski definition) is 2. The first kappa shape index (κ1) is 15.4. The molecular weight excluding hydrogens is 226 g/mol. The summed E-state index contributed by atoms with van der Waals surface area (Å²) in [5.74, 6) is 0.163. The standard InChI is InChI=1S/C14H29N3O/c1-4-17(10-9-14(18)16-11(2)3)13-7-5-12(15)6-8-13/h11-13H,4-10,15H2,1-3H3,(H,16,18). The van der Waals surface area contributed by atoms with Crippen LogP contribution in [0, 0.1) is 0 Å². The monoisotopic (exact) mass is 255 g/mol. The number of nitrogens with zero attached hydrogens (tertiary/aromatic N) is 1. The second kappa shape index (κ2) is 7.74. The van der Waals surface area contributed by atoms with Crippen molar-refractivity contribution in [2.45, 2.75) is 71.0 Å². The molecule has 0 atom stereocenters. The summed E-state index contributed by atoms with van der Waals surface area (Å²) in [4.78, 5) is 14.1. The van der Waals surface area contributed by atoms with Crippen molar-refractivity contribution in [3.63, 3.8) is 0 Å². The third kappa shape index (κ3) is 5.36. The van der Waals surface area contributed by atoms with Crippen LogP contribution in [0.1, 0.15) is 52.9 Å². The van der Waals surface area contributed by atoms with Gasteiger partial charge in [-0.05, 0) is 46.1 Å². The quantitative estimate of drug-likeness (QED) is 0.756. The van der Waals surface area contributed by atoms with Crippen LogP contribution >= 0.6 is 0 Å². The molecule has 0 aromatic carbocycles. The molecule has 4 nitrogen and oxygen atoms in total. The van der Waals surface area contributed by atoms with Gasteiger partial charge < -0.3 is 16.0 Å². The first-order chi connectivity index (χ1) is 8.52. The smallest absolute Gasteiger partial charge is 0.221 e. The van der Waals surface area contributed by atoms with Crippen molar-refractivity contribution in [3.8, 4) is 0 Å². The van der Waals surface area contributed by atoms with Crippen molar-refractivity contribution in [2.24, 2.45) is 5.73 Å². The zero-order valence-electron chi connectivity index (χ0n) is 12.1. The van der Waals surface area contributed by atoms with Crippen LogP contribution in [0.25, 0.3) is 0 Å². The summed E-state index contributed by atoms with van der Waals surface area (Å²) < 4.78 is 0. The molecule has 1 saturated carbocycles. The Morgan fingerprint density at radius 2 is 1.94 bits per heavy atom. The Hall–Kier alpha value is -0.610. The Morgan fingerprint density at radius 1 is 1.33 bits per heavy atom. The van der Waals surface area contributed by atoms with E-state index in [0.717, 1.165) is 25.9 Å². The molecule has 0 aromatic rings. The number of carbonyl (C=O) groups excluding carboxylic acids is 1. The number of hydrogen-bond acceptors (Lipinski definition) is 3. The van der Waals surface area contributed by atoms with Gasteiger partial charge in [0.2, 0.25) is 5.91 Å². The van der Waals surface area contributed by atoms with Crippen LogP contribution in [0.2, 0.25) is 0 Å². The van der Waals surface area contributed by atoms with Gasteiger partial charge in [-0.15, -0.1) is 0 Å². The summed E-state index contributed by atoms with van der Waals surface area (Å²) in [5, 5.41) is 2.95. The Labute approximate surface area is 111 Å². The molecule has 4 heteroatoms. The van der Waals surface area contributed by atoms with Crippen molar-refractivity contribution < 1.29 is 4.79 Å². The number of rotatable bonds is 6. The van der Waals surface area contributed by atoms with E-state index in [1.807, 2.05) is 13.8 Å². The summed E-state index contributed by atoms with van der Waals surface area (Å²) in [6, 6.07) is 1.26. The van der Waals surface area contributed by atoms with Gasteiger partial charge in [-0.1, -0.05) is 6.92 Å². The Bertz CT molecular complexity index is 247. The van der Waals surface area contributed by atoms with E-state index in [-0.39, 0.29) is 11.9 Å². The number of nitrogens with one attached hydrogen (secondary N) is 1. The van der Waals surface area contributed by atoms with Gasteiger partial charge in [-0.2, -0.15) is 0 Å². The zero-order valence-corrected chi connectivity index (χ0v) is 12.1. The molecule has 0 bridgehead atoms. The van der Waals surface area contributed by atoms with Gasteiger partial charge in [0.05, 0.1) is 0 Å². The summed E-state index contributed by atoms with van der Waals surface area (Å²) >= 11 is 0. The second-order valence-electron chi connectivity index (χ2n) is 5.67. The molecule has 1 aliphatic rings. The summed E-state index contributed by atoms with van der Waals surface area (Å²) in [6.45, 7) is 8.06. The van der Waals surface area contributed by atoms with Crippen molar-refractivity contribution in [3.05, 3.63) is 0 Å². The first-order valence-electron chi connectivity index (χ1n) is 7.32. The molecule has 0 radical (unpaired) electrons. The van der Waals surface area contributed by atoms with Crippen molar-refractivity contribution in [1.29, 1.82) is 0 Å². The number of carbonyl (C=O) groups is 1. The van der Waals surface area contributed by atoms with Gasteiger partial charge >= 0.3 is 0 Å². The van der Waals surface area contributed by atoms with Gasteiger partial charge in [0.25, 0.3) is 0 Å². The fourth-order valence-electron chi connectivity index (χ4n) is 2.70. The lowest BCUT2D eigenvalue weighted by molar-refractivity contribution is -0.122. The first-order valence-corrected chi connectivity index (χ1v) is 7.32. The highest BCUT2D eigenvalue weighted by atomic mass is 16.1. The molecule has 0 spiro atoms. The number of amides is 1. The maximum Gasteiger partial charge on any atom is 0.221 e. The van der Waals surface area contributed by atoms with E-state index >= 15 is 0 Å². The second-order valence-corrected chi connectivity index (χ2v) is 5.67. The Morgan fingerprint density at radius 3 is 2.44 bits per heavy atom. The average molecular weight is 255 g/mol. The zero-order chi connectivity index (χ0) is 13.5. The molecule has 0 unspecified atom stereocenters. The molecule has 3 N–H and O–H groups in total. The van der Waals surface area contributed by atoms with Crippen LogP contribution < -0.4 is 11.1 Å². The highest BCUT2D eigenvalue weighted by Gasteiger charge is 2.23. The lowest BCUT2D eigenvalue weighted by Gasteiger charge is -2.35. The van der Waals surface area contributed by atoms with E-state index in [0.29, 0.717) is 18.5 Å². The minimum atomic E-state index is 0.163. The van der Waals surface area contributed by atoms with Crippen LogP contribution in [0.5, 0.6) is 0 Å². The molecule has 106 valence electrons. The van der Waals surface area contributed by atoms with Crippen molar-refractivity contribution >= 4 is 5.91 Å². The summed E-state index contributed by atoms with van der Waals surface area (Å²) in [6.07, 6.45) is 5.22. The van der Waals surface area contributed by atoms with Gasteiger partial charge in [0.1, 0.15) is 0 Å². The molecule has 1 rings (SSSR count). The molecule has 1 amide bonds. The molecule has 0 heterocycles. The van der Waals surface area contributed by atoms with E-state index in [1.54, 1.807) is 0 Å². The minimum absolute atomic E-state index is 0.163. The van der Waals surface area contributed by atoms with Crippen LogP contribution in [0.4, 0.5) is 0 Å². The van der Waals surface area contributed by atoms with Crippen molar-refractivity contribution in [2.75, 3.05) is 13.1 Å². The molecule has 0 aromatic heterocycles. The van der Waals surface area contributed by atoms with Crippen LogP contribution in [-0.4, -0.2) is 42.0 Å². The molecule has 18 heavy (non-hydrogen) atoms. The Balaban J connectivity index is 2.31. The maximum absolute atomic E-state index is 11.7. The van der Waals surface area contributed by atoms with Gasteiger partial charge in [-0.3, -0.25) is 4.79 Å². The van der Waals surface area contributed by atoms with Crippen LogP contribution in [-0.2, 0) is 4.79 Å². The third-order valence-corrected chi connectivity index (χ3v) is 3.74. The fourth-order valence-corrected chi connectivity index (χ4v) is 2.70. The number of nitrogens with two attached hydrogens (primary N) is 1. The molecule has 1 aliphatic carbocycles. The van der Waals surface area contributed by atoms with E-state index in [4.69, 9.17) is 5.73 Å². The van der Waals surface area contributed by atoms with Crippen LogP contribution in [0.3, 0.4) is 0 Å². The molecule has 0 aliphatic heterocycles. The van der Waals surface area contributed by atoms with Crippen LogP contribution in [0.15, 0.2) is 0 Å². The topological polar surface area (TPSA) is 58.4 Å². The van der Waals surface area contributed by atoms with Crippen molar-refractivity contribution in [1.82, 2.24) is 10.2 Å². The summed E-state index contributed by atoms with van der Waals surface area (Å²) in [7, 11) is 0. The van der Waals surface area contributed by atoms with Gasteiger partial charge in [-0.25, -0.2) is 0 Å². The molecule has 0 saturated heterocycles. The minimum Gasteiger partial charge on any atom is -0.354 e. The lowest BCUT2D eigenvalue weighted by Crippen LogP contribution is -2.42. The van der Waals surface area contributed by atoms with E-state index in [9.17, 15) is 4.79 Å². The summed E-state index contributed by atoms with van der Waals surface area (Å²) in [5.41, 5.74) is 5.93. The Kier molecular flexibility index (Phi) is 6.65. The predicted octanol–water partition coefficient (Wildman–Crippen LogP) is 1.49. The van der Waals surface area contributed by atoms with E-state index < -0.39 is 0 Å². The highest BCUT2D eigenvalue weighted by molar-refractivity contribution is 5.76. The molecular formula is C14H29N3O. The maximum atomic E-state index is 11.7. The third-order valence-electron chi connectivity index (χ3n) is 3.74. The van der Waals surface area contributed by atoms with Gasteiger partial charge in [0, 0.05) is 31.1 Å². The average Bonchev–Trinajstić information content (AvgIpc) is 2.31.